The Morgan fingerprint density at radius 3 is 2.58 bits per heavy atom. The Morgan fingerprint density at radius 2 is 1.79 bits per heavy atom. The molecule has 2 fully saturated rings. The summed E-state index contributed by atoms with van der Waals surface area (Å²) >= 11 is 0. The highest BCUT2D eigenvalue weighted by molar-refractivity contribution is 5.97. The lowest BCUT2D eigenvalue weighted by Gasteiger charge is -2.34. The molecule has 9 nitrogen and oxygen atoms in total. The van der Waals surface area contributed by atoms with Crippen LogP contribution >= 0.6 is 0 Å². The number of fused-ring (bicyclic) bond motifs is 2. The second-order valence-electron chi connectivity index (χ2n) is 10.4. The first kappa shape index (κ1) is 26.0. The zero-order chi connectivity index (χ0) is 26.6. The molecule has 1 aliphatic carbocycles. The topological polar surface area (TPSA) is 101 Å². The Bertz CT molecular complexity index is 1200. The fourth-order valence-electron chi connectivity index (χ4n) is 6.14. The summed E-state index contributed by atoms with van der Waals surface area (Å²) < 4.78 is 10.6. The number of hydrogen-bond acceptors (Lipinski definition) is 6. The van der Waals surface area contributed by atoms with E-state index in [0.29, 0.717) is 50.5 Å². The Morgan fingerprint density at radius 1 is 0.974 bits per heavy atom. The maximum Gasteiger partial charge on any atom is 0.259 e. The second kappa shape index (κ2) is 11.4. The minimum absolute atomic E-state index is 0.0748. The van der Waals surface area contributed by atoms with Crippen LogP contribution in [0.15, 0.2) is 36.4 Å². The fraction of sp³-hybridized carbons (Fsp3) is 0.517. The van der Waals surface area contributed by atoms with E-state index in [0.717, 1.165) is 25.7 Å². The number of benzene rings is 1. The number of methoxy groups -OCH3 is 2. The number of hydrogen-bond donors (Lipinski definition) is 1. The van der Waals surface area contributed by atoms with Gasteiger partial charge in [-0.3, -0.25) is 14.4 Å². The minimum Gasteiger partial charge on any atom is -0.481 e. The molecular weight excluding hydrogens is 484 g/mol. The summed E-state index contributed by atoms with van der Waals surface area (Å²) in [5.41, 5.74) is 2.79. The molecule has 3 aliphatic rings. The van der Waals surface area contributed by atoms with Crippen molar-refractivity contribution in [2.24, 2.45) is 11.8 Å². The Labute approximate surface area is 223 Å². The first-order valence-electron chi connectivity index (χ1n) is 13.5. The number of nitrogens with one attached hydrogen (secondary N) is 1. The number of aromatic nitrogens is 1. The molecule has 3 amide bonds. The van der Waals surface area contributed by atoms with Crippen molar-refractivity contribution in [1.82, 2.24) is 20.1 Å². The molecule has 0 radical (unpaired) electrons. The molecule has 0 bridgehead atoms. The number of nitrogens with zero attached hydrogens (tertiary/aromatic N) is 3. The summed E-state index contributed by atoms with van der Waals surface area (Å²) in [5.74, 6) is -0.454. The molecule has 38 heavy (non-hydrogen) atoms. The maximum absolute atomic E-state index is 13.9. The van der Waals surface area contributed by atoms with Crippen molar-refractivity contribution in [2.45, 2.75) is 51.1 Å². The van der Waals surface area contributed by atoms with Crippen molar-refractivity contribution in [3.8, 4) is 11.8 Å². The van der Waals surface area contributed by atoms with Gasteiger partial charge in [-0.25, -0.2) is 0 Å². The monoisotopic (exact) mass is 520 g/mol. The summed E-state index contributed by atoms with van der Waals surface area (Å²) in [6, 6.07) is 11.2. The van der Waals surface area contributed by atoms with E-state index in [1.807, 2.05) is 17.0 Å². The Kier molecular flexibility index (Phi) is 7.81. The van der Waals surface area contributed by atoms with Crippen LogP contribution in [0.1, 0.15) is 53.6 Å². The maximum atomic E-state index is 13.9. The number of carbonyl (C=O) groups excluding carboxylic acids is 3. The van der Waals surface area contributed by atoms with Gasteiger partial charge in [-0.2, -0.15) is 4.98 Å². The number of amides is 3. The van der Waals surface area contributed by atoms with E-state index in [1.165, 1.54) is 25.3 Å². The van der Waals surface area contributed by atoms with Crippen molar-refractivity contribution in [1.29, 1.82) is 0 Å². The highest BCUT2D eigenvalue weighted by Gasteiger charge is 2.47. The van der Waals surface area contributed by atoms with Crippen molar-refractivity contribution in [3.63, 3.8) is 0 Å². The van der Waals surface area contributed by atoms with Gasteiger partial charge in [0.05, 0.1) is 20.1 Å². The van der Waals surface area contributed by atoms with Crippen LogP contribution in [-0.4, -0.2) is 72.4 Å². The SMILES string of the molecule is COc1ccc(C(=O)N2CCCCCNC(=O)C3CC(C(=O)N4CCc5ccccc5C4)CC32)c(OC)n1. The molecule has 1 aromatic heterocycles. The van der Waals surface area contributed by atoms with Gasteiger partial charge in [-0.1, -0.05) is 24.3 Å². The predicted octanol–water partition coefficient (Wildman–Crippen LogP) is 2.82. The van der Waals surface area contributed by atoms with E-state index in [2.05, 4.69) is 22.4 Å². The normalized spacial score (nSPS) is 23.6. The van der Waals surface area contributed by atoms with Crippen LogP contribution < -0.4 is 14.8 Å². The van der Waals surface area contributed by atoms with Gasteiger partial charge in [0.1, 0.15) is 5.56 Å². The lowest BCUT2D eigenvalue weighted by molar-refractivity contribution is -0.136. The molecule has 5 rings (SSSR count). The van der Waals surface area contributed by atoms with Crippen LogP contribution in [0.4, 0.5) is 0 Å². The third-order valence-electron chi connectivity index (χ3n) is 8.16. The van der Waals surface area contributed by atoms with Crippen LogP contribution in [0, 0.1) is 11.8 Å². The first-order chi connectivity index (χ1) is 18.5. The molecule has 0 spiro atoms. The van der Waals surface area contributed by atoms with Gasteiger partial charge in [0, 0.05) is 44.2 Å². The van der Waals surface area contributed by atoms with Crippen LogP contribution in [0.25, 0.3) is 0 Å². The molecule has 3 heterocycles. The Balaban J connectivity index is 1.41. The van der Waals surface area contributed by atoms with Crippen LogP contribution in [-0.2, 0) is 22.6 Å². The molecular formula is C29H36N4O5. The standard InChI is InChI=1S/C29H36N4O5/c1-37-25-11-10-22(27(31-25)38-2)29(36)33-14-7-3-6-13-30-26(34)23-16-21(17-24(23)33)28(35)32-15-12-19-8-4-5-9-20(19)18-32/h4-5,8-11,21,23-24H,3,6-7,12-18H2,1-2H3,(H,30,34). The molecule has 3 unspecified atom stereocenters. The highest BCUT2D eigenvalue weighted by Crippen LogP contribution is 2.38. The fourth-order valence-corrected chi connectivity index (χ4v) is 6.14. The smallest absolute Gasteiger partial charge is 0.259 e. The lowest BCUT2D eigenvalue weighted by Crippen LogP contribution is -2.48. The van der Waals surface area contributed by atoms with Gasteiger partial charge in [-0.05, 0) is 55.7 Å². The van der Waals surface area contributed by atoms with Gasteiger partial charge < -0.3 is 24.6 Å². The average molecular weight is 521 g/mol. The van der Waals surface area contributed by atoms with E-state index < -0.39 is 5.92 Å². The highest BCUT2D eigenvalue weighted by atomic mass is 16.5. The van der Waals surface area contributed by atoms with Crippen molar-refractivity contribution < 1.29 is 23.9 Å². The summed E-state index contributed by atoms with van der Waals surface area (Å²) in [4.78, 5) is 49.0. The molecule has 9 heteroatoms. The zero-order valence-electron chi connectivity index (χ0n) is 22.2. The van der Waals surface area contributed by atoms with Gasteiger partial charge in [0.25, 0.3) is 5.91 Å². The number of ether oxygens (including phenoxy) is 2. The first-order valence-corrected chi connectivity index (χ1v) is 13.5. The lowest BCUT2D eigenvalue weighted by atomic mass is 9.97. The van der Waals surface area contributed by atoms with Gasteiger partial charge in [0.2, 0.25) is 23.6 Å². The molecule has 3 atom stereocenters. The molecule has 1 aromatic carbocycles. The van der Waals surface area contributed by atoms with Crippen molar-refractivity contribution >= 4 is 17.7 Å². The minimum atomic E-state index is -0.444. The zero-order valence-corrected chi connectivity index (χ0v) is 22.2. The summed E-state index contributed by atoms with van der Waals surface area (Å²) in [6.07, 6.45) is 4.31. The summed E-state index contributed by atoms with van der Waals surface area (Å²) in [7, 11) is 2.98. The molecule has 2 aliphatic heterocycles. The molecule has 202 valence electrons. The van der Waals surface area contributed by atoms with Crippen LogP contribution in [0.2, 0.25) is 0 Å². The predicted molar refractivity (Wildman–Crippen MR) is 141 cm³/mol. The van der Waals surface area contributed by atoms with E-state index in [-0.39, 0.29) is 35.6 Å². The van der Waals surface area contributed by atoms with Crippen LogP contribution in [0.5, 0.6) is 11.8 Å². The van der Waals surface area contributed by atoms with E-state index in [9.17, 15) is 14.4 Å². The van der Waals surface area contributed by atoms with Crippen molar-refractivity contribution in [3.05, 3.63) is 53.1 Å². The Hall–Kier alpha value is -3.62. The average Bonchev–Trinajstić information content (AvgIpc) is 3.40. The van der Waals surface area contributed by atoms with Crippen molar-refractivity contribution in [2.75, 3.05) is 33.9 Å². The summed E-state index contributed by atoms with van der Waals surface area (Å²) in [6.45, 7) is 2.39. The number of rotatable bonds is 4. The molecule has 1 saturated carbocycles. The molecule has 1 saturated heterocycles. The summed E-state index contributed by atoms with van der Waals surface area (Å²) in [5, 5.41) is 3.06. The third kappa shape index (κ3) is 5.19. The largest absolute Gasteiger partial charge is 0.481 e. The number of carbonyl (C=O) groups is 3. The molecule has 1 N–H and O–H groups in total. The van der Waals surface area contributed by atoms with E-state index >= 15 is 0 Å². The van der Waals surface area contributed by atoms with Crippen LogP contribution in [0.3, 0.4) is 0 Å². The quantitative estimate of drug-likeness (QED) is 0.666. The van der Waals surface area contributed by atoms with Gasteiger partial charge >= 0.3 is 0 Å². The third-order valence-corrected chi connectivity index (χ3v) is 8.16. The van der Waals surface area contributed by atoms with Gasteiger partial charge in [-0.15, -0.1) is 0 Å². The van der Waals surface area contributed by atoms with Gasteiger partial charge in [0.15, 0.2) is 0 Å². The second-order valence-corrected chi connectivity index (χ2v) is 10.4. The number of pyridine rings is 1. The van der Waals surface area contributed by atoms with E-state index in [1.54, 1.807) is 17.0 Å². The molecule has 2 aromatic rings. The van der Waals surface area contributed by atoms with E-state index in [4.69, 9.17) is 9.47 Å².